The Morgan fingerprint density at radius 2 is 2.00 bits per heavy atom. The lowest BCUT2D eigenvalue weighted by molar-refractivity contribution is -0.116. The summed E-state index contributed by atoms with van der Waals surface area (Å²) < 4.78 is 10.2. The average molecular weight is 273 g/mol. The lowest BCUT2D eigenvalue weighted by Crippen LogP contribution is -2.14. The van der Waals surface area contributed by atoms with Crippen molar-refractivity contribution < 1.29 is 14.3 Å². The number of benzene rings is 1. The van der Waals surface area contributed by atoms with Gasteiger partial charge in [-0.05, 0) is 19.0 Å². The molecule has 0 aliphatic rings. The molecular formula is C12H17ClN2O3. The molecular weight excluding hydrogens is 256 g/mol. The average Bonchev–Trinajstić information content (AvgIpc) is 2.36. The molecule has 5 nitrogen and oxygen atoms in total. The Balaban J connectivity index is 2.87. The highest BCUT2D eigenvalue weighted by Gasteiger charge is 2.12. The summed E-state index contributed by atoms with van der Waals surface area (Å²) >= 11 is 5.99. The second kappa shape index (κ2) is 7.08. The SMILES string of the molecule is COc1cc(OC)c(NC(=O)CCCN)cc1Cl. The van der Waals surface area contributed by atoms with Crippen LogP contribution in [-0.2, 0) is 4.79 Å². The first kappa shape index (κ1) is 14.6. The van der Waals surface area contributed by atoms with Gasteiger partial charge in [-0.1, -0.05) is 11.6 Å². The number of methoxy groups -OCH3 is 2. The molecule has 0 radical (unpaired) electrons. The Bertz CT molecular complexity index is 424. The molecule has 1 aromatic rings. The summed E-state index contributed by atoms with van der Waals surface area (Å²) in [6.07, 6.45) is 1.00. The maximum absolute atomic E-state index is 11.6. The van der Waals surface area contributed by atoms with Crippen LogP contribution in [0.15, 0.2) is 12.1 Å². The maximum atomic E-state index is 11.6. The van der Waals surface area contributed by atoms with Gasteiger partial charge in [-0.3, -0.25) is 4.79 Å². The number of carbonyl (C=O) groups excluding carboxylic acids is 1. The van der Waals surface area contributed by atoms with Crippen LogP contribution in [0.25, 0.3) is 0 Å². The monoisotopic (exact) mass is 272 g/mol. The first-order valence-electron chi connectivity index (χ1n) is 5.53. The highest BCUT2D eigenvalue weighted by atomic mass is 35.5. The number of nitrogens with two attached hydrogens (primary N) is 1. The van der Waals surface area contributed by atoms with Gasteiger partial charge in [0.25, 0.3) is 0 Å². The molecule has 0 saturated carbocycles. The van der Waals surface area contributed by atoms with E-state index in [-0.39, 0.29) is 5.91 Å². The number of ether oxygens (including phenoxy) is 2. The van der Waals surface area contributed by atoms with Crippen LogP contribution in [0.1, 0.15) is 12.8 Å². The highest BCUT2D eigenvalue weighted by molar-refractivity contribution is 6.32. The first-order valence-corrected chi connectivity index (χ1v) is 5.91. The minimum Gasteiger partial charge on any atom is -0.495 e. The molecule has 0 fully saturated rings. The van der Waals surface area contributed by atoms with E-state index in [2.05, 4.69) is 5.32 Å². The number of anilines is 1. The molecule has 0 spiro atoms. The van der Waals surface area contributed by atoms with Gasteiger partial charge >= 0.3 is 0 Å². The van der Waals surface area contributed by atoms with Crippen molar-refractivity contribution in [2.45, 2.75) is 12.8 Å². The lowest BCUT2D eigenvalue weighted by Gasteiger charge is -2.12. The number of amides is 1. The van der Waals surface area contributed by atoms with Crippen molar-refractivity contribution in [1.29, 1.82) is 0 Å². The fourth-order valence-electron chi connectivity index (χ4n) is 1.43. The number of hydrogen-bond acceptors (Lipinski definition) is 4. The van der Waals surface area contributed by atoms with Crippen LogP contribution in [0.5, 0.6) is 11.5 Å². The van der Waals surface area contributed by atoms with Crippen LogP contribution in [0, 0.1) is 0 Å². The van der Waals surface area contributed by atoms with E-state index in [0.717, 1.165) is 0 Å². The Kier molecular flexibility index (Phi) is 5.74. The van der Waals surface area contributed by atoms with E-state index in [1.165, 1.54) is 14.2 Å². The van der Waals surface area contributed by atoms with Gasteiger partial charge in [-0.2, -0.15) is 0 Å². The van der Waals surface area contributed by atoms with Gasteiger partial charge in [0.2, 0.25) is 5.91 Å². The van der Waals surface area contributed by atoms with Crippen LogP contribution in [0.3, 0.4) is 0 Å². The zero-order valence-electron chi connectivity index (χ0n) is 10.5. The van der Waals surface area contributed by atoms with Gasteiger partial charge in [-0.15, -0.1) is 0 Å². The fourth-order valence-corrected chi connectivity index (χ4v) is 1.67. The van der Waals surface area contributed by atoms with Gasteiger partial charge in [0.05, 0.1) is 24.9 Å². The van der Waals surface area contributed by atoms with Gasteiger partial charge < -0.3 is 20.5 Å². The molecule has 0 aromatic heterocycles. The van der Waals surface area contributed by atoms with Crippen LogP contribution in [0.4, 0.5) is 5.69 Å². The van der Waals surface area contributed by atoms with Crippen LogP contribution >= 0.6 is 11.6 Å². The highest BCUT2D eigenvalue weighted by Crippen LogP contribution is 2.35. The predicted octanol–water partition coefficient (Wildman–Crippen LogP) is 2.03. The molecule has 0 heterocycles. The number of nitrogens with one attached hydrogen (secondary N) is 1. The molecule has 0 unspecified atom stereocenters. The summed E-state index contributed by atoms with van der Waals surface area (Å²) in [5, 5.41) is 3.14. The number of carbonyl (C=O) groups is 1. The number of hydrogen-bond donors (Lipinski definition) is 2. The summed E-state index contributed by atoms with van der Waals surface area (Å²) in [6, 6.07) is 3.22. The van der Waals surface area contributed by atoms with E-state index in [4.69, 9.17) is 26.8 Å². The largest absolute Gasteiger partial charge is 0.495 e. The van der Waals surface area contributed by atoms with E-state index < -0.39 is 0 Å². The van der Waals surface area contributed by atoms with Gasteiger partial charge in [-0.25, -0.2) is 0 Å². The third-order valence-electron chi connectivity index (χ3n) is 2.36. The van der Waals surface area contributed by atoms with Crippen molar-refractivity contribution in [3.63, 3.8) is 0 Å². The second-order valence-corrected chi connectivity index (χ2v) is 4.03. The Morgan fingerprint density at radius 3 is 2.56 bits per heavy atom. The predicted molar refractivity (Wildman–Crippen MR) is 71.5 cm³/mol. The van der Waals surface area contributed by atoms with Crippen molar-refractivity contribution in [2.75, 3.05) is 26.1 Å². The summed E-state index contributed by atoms with van der Waals surface area (Å²) in [6.45, 7) is 0.480. The third-order valence-corrected chi connectivity index (χ3v) is 2.65. The standard InChI is InChI=1S/C12H17ClN2O3/c1-17-10-7-11(18-2)9(6-8(10)13)15-12(16)4-3-5-14/h6-7H,3-5,14H2,1-2H3,(H,15,16). The Hall–Kier alpha value is -1.46. The molecule has 18 heavy (non-hydrogen) atoms. The summed E-state index contributed by atoms with van der Waals surface area (Å²) in [4.78, 5) is 11.6. The van der Waals surface area contributed by atoms with Crippen LogP contribution in [-0.4, -0.2) is 26.7 Å². The molecule has 0 atom stereocenters. The molecule has 1 aromatic carbocycles. The number of halogens is 1. The van der Waals surface area contributed by atoms with Crippen LogP contribution in [0.2, 0.25) is 5.02 Å². The molecule has 1 amide bonds. The minimum atomic E-state index is -0.125. The molecule has 1 rings (SSSR count). The zero-order chi connectivity index (χ0) is 13.5. The quantitative estimate of drug-likeness (QED) is 0.831. The summed E-state index contributed by atoms with van der Waals surface area (Å²) in [5.41, 5.74) is 5.86. The molecule has 100 valence electrons. The fraction of sp³-hybridized carbons (Fsp3) is 0.417. The third kappa shape index (κ3) is 3.78. The van der Waals surface area contributed by atoms with Crippen molar-refractivity contribution in [1.82, 2.24) is 0 Å². The second-order valence-electron chi connectivity index (χ2n) is 3.63. The lowest BCUT2D eigenvalue weighted by atomic mass is 10.2. The molecule has 3 N–H and O–H groups in total. The molecule has 0 aliphatic heterocycles. The van der Waals surface area contributed by atoms with Crippen molar-refractivity contribution >= 4 is 23.2 Å². The minimum absolute atomic E-state index is 0.125. The van der Waals surface area contributed by atoms with E-state index in [0.29, 0.717) is 41.6 Å². The smallest absolute Gasteiger partial charge is 0.224 e. The molecule has 0 bridgehead atoms. The van der Waals surface area contributed by atoms with Crippen molar-refractivity contribution in [3.8, 4) is 11.5 Å². The van der Waals surface area contributed by atoms with E-state index in [9.17, 15) is 4.79 Å². The van der Waals surface area contributed by atoms with Gasteiger partial charge in [0, 0.05) is 12.5 Å². The zero-order valence-corrected chi connectivity index (χ0v) is 11.2. The van der Waals surface area contributed by atoms with Gasteiger partial charge in [0.15, 0.2) is 0 Å². The van der Waals surface area contributed by atoms with E-state index in [1.54, 1.807) is 12.1 Å². The molecule has 0 aliphatic carbocycles. The van der Waals surface area contributed by atoms with Crippen molar-refractivity contribution in [3.05, 3.63) is 17.2 Å². The summed E-state index contributed by atoms with van der Waals surface area (Å²) in [7, 11) is 3.03. The van der Waals surface area contributed by atoms with Crippen LogP contribution < -0.4 is 20.5 Å². The molecule has 6 heteroatoms. The van der Waals surface area contributed by atoms with Crippen molar-refractivity contribution in [2.24, 2.45) is 5.73 Å². The first-order chi connectivity index (χ1) is 8.62. The number of rotatable bonds is 6. The van der Waals surface area contributed by atoms with Gasteiger partial charge in [0.1, 0.15) is 11.5 Å². The Morgan fingerprint density at radius 1 is 1.33 bits per heavy atom. The normalized spacial score (nSPS) is 10.0. The summed E-state index contributed by atoms with van der Waals surface area (Å²) in [5.74, 6) is 0.866. The molecule has 0 saturated heterocycles. The maximum Gasteiger partial charge on any atom is 0.224 e. The topological polar surface area (TPSA) is 73.6 Å². The van der Waals surface area contributed by atoms with E-state index in [1.807, 2.05) is 0 Å². The van der Waals surface area contributed by atoms with E-state index >= 15 is 0 Å². The Labute approximate surface area is 111 Å².